The molecule has 1 aromatic heterocycles. The number of nitrogens with zero attached hydrogens (tertiary/aromatic N) is 2. The number of rotatable bonds is 5. The van der Waals surface area contributed by atoms with Crippen molar-refractivity contribution in [3.05, 3.63) is 17.0 Å². The minimum absolute atomic E-state index is 0.205. The number of nitrogens with one attached hydrogen (secondary N) is 2. The van der Waals surface area contributed by atoms with Crippen LogP contribution >= 0.6 is 0 Å². The van der Waals surface area contributed by atoms with E-state index in [0.717, 1.165) is 31.0 Å². The monoisotopic (exact) mass is 266 g/mol. The highest BCUT2D eigenvalue weighted by Crippen LogP contribution is 2.08. The van der Waals surface area contributed by atoms with Gasteiger partial charge in [-0.25, -0.2) is 0 Å². The normalized spacial score (nSPS) is 15.8. The van der Waals surface area contributed by atoms with Crippen LogP contribution in [0.3, 0.4) is 0 Å². The number of aromatic amines is 1. The molecule has 1 fully saturated rings. The van der Waals surface area contributed by atoms with E-state index in [9.17, 15) is 4.79 Å². The molecule has 2 rings (SSSR count). The fraction of sp³-hybridized carbons (Fsp3) is 0.692. The Labute approximate surface area is 113 Å². The van der Waals surface area contributed by atoms with Gasteiger partial charge in [-0.3, -0.25) is 9.89 Å². The van der Waals surface area contributed by atoms with Crippen molar-refractivity contribution in [2.24, 2.45) is 0 Å². The average Bonchev–Trinajstić information content (AvgIpc) is 2.75. The molecule has 1 aromatic rings. The third kappa shape index (κ3) is 3.78. The Balaban J connectivity index is 1.67. The van der Waals surface area contributed by atoms with E-state index in [1.807, 2.05) is 18.7 Å². The predicted octanol–water partition coefficient (Wildman–Crippen LogP) is 0.365. The first kappa shape index (κ1) is 14.0. The molecule has 0 aliphatic carbocycles. The number of aryl methyl sites for hydroxylation is 2. The van der Waals surface area contributed by atoms with Crippen molar-refractivity contribution in [3.8, 4) is 0 Å². The van der Waals surface area contributed by atoms with Gasteiger partial charge in [0.15, 0.2) is 0 Å². The summed E-state index contributed by atoms with van der Waals surface area (Å²) in [7, 11) is 0. The van der Waals surface area contributed by atoms with Gasteiger partial charge in [0.25, 0.3) is 0 Å². The molecule has 1 aliphatic rings. The number of carbonyl (C=O) groups is 1. The number of carbonyl (C=O) groups excluding carboxylic acids is 1. The summed E-state index contributed by atoms with van der Waals surface area (Å²) in [5, 5.41) is 10.4. The summed E-state index contributed by atoms with van der Waals surface area (Å²) in [6.45, 7) is 8.21. The molecule has 1 amide bonds. The highest BCUT2D eigenvalue weighted by Gasteiger charge is 2.16. The topological polar surface area (TPSA) is 70.2 Å². The second-order valence-electron chi connectivity index (χ2n) is 4.83. The SMILES string of the molecule is Cc1n[nH]c(C)c1CNCCC(=O)N1CCOCC1. The third-order valence-corrected chi connectivity index (χ3v) is 3.46. The largest absolute Gasteiger partial charge is 0.378 e. The second-order valence-corrected chi connectivity index (χ2v) is 4.83. The number of hydrogen-bond acceptors (Lipinski definition) is 4. The smallest absolute Gasteiger partial charge is 0.224 e. The first-order valence-electron chi connectivity index (χ1n) is 6.75. The molecule has 0 bridgehead atoms. The Morgan fingerprint density at radius 1 is 1.42 bits per heavy atom. The molecule has 6 nitrogen and oxygen atoms in total. The van der Waals surface area contributed by atoms with Crippen molar-refractivity contribution in [1.29, 1.82) is 0 Å². The molecule has 0 radical (unpaired) electrons. The van der Waals surface area contributed by atoms with Crippen molar-refractivity contribution in [2.75, 3.05) is 32.8 Å². The summed E-state index contributed by atoms with van der Waals surface area (Å²) in [5.41, 5.74) is 3.30. The Hall–Kier alpha value is -1.40. The van der Waals surface area contributed by atoms with Crippen molar-refractivity contribution in [1.82, 2.24) is 20.4 Å². The van der Waals surface area contributed by atoms with E-state index in [4.69, 9.17) is 4.74 Å². The lowest BCUT2D eigenvalue weighted by Gasteiger charge is -2.26. The van der Waals surface area contributed by atoms with Crippen molar-refractivity contribution >= 4 is 5.91 Å². The van der Waals surface area contributed by atoms with Crippen LogP contribution in [0.1, 0.15) is 23.4 Å². The van der Waals surface area contributed by atoms with Gasteiger partial charge in [0.2, 0.25) is 5.91 Å². The molecule has 0 atom stereocenters. The number of amides is 1. The zero-order valence-electron chi connectivity index (χ0n) is 11.7. The van der Waals surface area contributed by atoms with Gasteiger partial charge in [-0.15, -0.1) is 0 Å². The highest BCUT2D eigenvalue weighted by atomic mass is 16.5. The summed E-state index contributed by atoms with van der Waals surface area (Å²) in [6, 6.07) is 0. The molecule has 2 heterocycles. The quantitative estimate of drug-likeness (QED) is 0.755. The maximum atomic E-state index is 11.9. The van der Waals surface area contributed by atoms with Crippen LogP contribution in [-0.4, -0.2) is 53.9 Å². The summed E-state index contributed by atoms with van der Waals surface area (Å²) in [5.74, 6) is 0.205. The maximum Gasteiger partial charge on any atom is 0.224 e. The standard InChI is InChI=1S/C13H22N4O2/c1-10-12(11(2)16-15-10)9-14-4-3-13(18)17-5-7-19-8-6-17/h14H,3-9H2,1-2H3,(H,15,16). The summed E-state index contributed by atoms with van der Waals surface area (Å²) >= 11 is 0. The second kappa shape index (κ2) is 6.68. The van der Waals surface area contributed by atoms with Crippen LogP contribution in [-0.2, 0) is 16.1 Å². The summed E-state index contributed by atoms with van der Waals surface area (Å²) in [6.07, 6.45) is 0.538. The fourth-order valence-corrected chi connectivity index (χ4v) is 2.21. The Kier molecular flexibility index (Phi) is 4.93. The van der Waals surface area contributed by atoms with Gasteiger partial charge in [0, 0.05) is 43.9 Å². The minimum Gasteiger partial charge on any atom is -0.378 e. The van der Waals surface area contributed by atoms with Crippen molar-refractivity contribution in [3.63, 3.8) is 0 Å². The molecule has 19 heavy (non-hydrogen) atoms. The lowest BCUT2D eigenvalue weighted by molar-refractivity contribution is -0.135. The molecule has 2 N–H and O–H groups in total. The Morgan fingerprint density at radius 2 is 2.16 bits per heavy atom. The minimum atomic E-state index is 0.205. The maximum absolute atomic E-state index is 11.9. The van der Waals surface area contributed by atoms with Gasteiger partial charge in [-0.2, -0.15) is 5.10 Å². The summed E-state index contributed by atoms with van der Waals surface area (Å²) in [4.78, 5) is 13.8. The average molecular weight is 266 g/mol. The van der Waals surface area contributed by atoms with E-state index in [-0.39, 0.29) is 5.91 Å². The van der Waals surface area contributed by atoms with Gasteiger partial charge in [-0.1, -0.05) is 0 Å². The van der Waals surface area contributed by atoms with Crippen LogP contribution in [0.15, 0.2) is 0 Å². The molecule has 1 saturated heterocycles. The molecule has 0 spiro atoms. The van der Waals surface area contributed by atoms with E-state index in [1.165, 1.54) is 5.56 Å². The van der Waals surface area contributed by atoms with E-state index in [0.29, 0.717) is 26.2 Å². The van der Waals surface area contributed by atoms with Gasteiger partial charge in [0.1, 0.15) is 0 Å². The lowest BCUT2D eigenvalue weighted by Crippen LogP contribution is -2.41. The number of aromatic nitrogens is 2. The number of ether oxygens (including phenoxy) is 1. The highest BCUT2D eigenvalue weighted by molar-refractivity contribution is 5.76. The van der Waals surface area contributed by atoms with Crippen LogP contribution in [0, 0.1) is 13.8 Å². The zero-order chi connectivity index (χ0) is 13.7. The first-order valence-corrected chi connectivity index (χ1v) is 6.75. The van der Waals surface area contributed by atoms with Crippen LogP contribution in [0.4, 0.5) is 0 Å². The van der Waals surface area contributed by atoms with E-state index < -0.39 is 0 Å². The molecule has 0 aromatic carbocycles. The van der Waals surface area contributed by atoms with Gasteiger partial charge < -0.3 is 15.0 Å². The number of H-pyrrole nitrogens is 1. The van der Waals surface area contributed by atoms with Crippen LogP contribution in [0.25, 0.3) is 0 Å². The fourth-order valence-electron chi connectivity index (χ4n) is 2.21. The molecular formula is C13H22N4O2. The molecule has 6 heteroatoms. The molecule has 0 saturated carbocycles. The lowest BCUT2D eigenvalue weighted by atomic mass is 10.2. The molecule has 106 valence electrons. The molecule has 0 unspecified atom stereocenters. The van der Waals surface area contributed by atoms with Crippen molar-refractivity contribution < 1.29 is 9.53 Å². The van der Waals surface area contributed by atoms with E-state index in [2.05, 4.69) is 15.5 Å². The number of morpholine rings is 1. The zero-order valence-corrected chi connectivity index (χ0v) is 11.7. The molecule has 1 aliphatic heterocycles. The van der Waals surface area contributed by atoms with Gasteiger partial charge >= 0.3 is 0 Å². The van der Waals surface area contributed by atoms with Crippen molar-refractivity contribution in [2.45, 2.75) is 26.8 Å². The van der Waals surface area contributed by atoms with Gasteiger partial charge in [0.05, 0.1) is 18.9 Å². The van der Waals surface area contributed by atoms with Crippen LogP contribution in [0.2, 0.25) is 0 Å². The molecular weight excluding hydrogens is 244 g/mol. The Bertz CT molecular complexity index is 405. The van der Waals surface area contributed by atoms with Gasteiger partial charge in [-0.05, 0) is 13.8 Å². The summed E-state index contributed by atoms with van der Waals surface area (Å²) < 4.78 is 5.23. The predicted molar refractivity (Wildman–Crippen MR) is 71.8 cm³/mol. The van der Waals surface area contributed by atoms with Crippen LogP contribution in [0.5, 0.6) is 0 Å². The third-order valence-electron chi connectivity index (χ3n) is 3.46. The Morgan fingerprint density at radius 3 is 2.79 bits per heavy atom. The number of hydrogen-bond donors (Lipinski definition) is 2. The van der Waals surface area contributed by atoms with E-state index in [1.54, 1.807) is 0 Å². The van der Waals surface area contributed by atoms with E-state index >= 15 is 0 Å². The van der Waals surface area contributed by atoms with Crippen LogP contribution < -0.4 is 5.32 Å². The first-order chi connectivity index (χ1) is 9.18.